The average molecular weight is 469 g/mol. The van der Waals surface area contributed by atoms with Crippen LogP contribution in [0.4, 0.5) is 0 Å². The maximum atomic E-state index is 12.7. The van der Waals surface area contributed by atoms with Crippen LogP contribution in [0.5, 0.6) is 5.75 Å². The molecule has 2 N–H and O–H groups in total. The standard InChI is InChI=1S/C22H26Cl2N2O3S/c1-14-5-4-6-15(2)20(14)29-11-10-25-22(28)19(9-12-30-3)26-21(27)17-8-7-16(23)13-18(17)24/h4-8,13,19H,9-12H2,1-3H3,(H,25,28)(H,26,27). The second-order valence-corrected chi connectivity index (χ2v) is 8.62. The van der Waals surface area contributed by atoms with Crippen molar-refractivity contribution in [3.05, 3.63) is 63.1 Å². The first kappa shape index (κ1) is 24.4. The van der Waals surface area contributed by atoms with Crippen LogP contribution in [0.3, 0.4) is 0 Å². The molecule has 2 rings (SSSR count). The molecule has 0 bridgehead atoms. The summed E-state index contributed by atoms with van der Waals surface area (Å²) < 4.78 is 5.82. The lowest BCUT2D eigenvalue weighted by atomic mass is 10.1. The van der Waals surface area contributed by atoms with Gasteiger partial charge in [0.2, 0.25) is 5.91 Å². The summed E-state index contributed by atoms with van der Waals surface area (Å²) in [5, 5.41) is 6.30. The number of hydrogen-bond acceptors (Lipinski definition) is 4. The third kappa shape index (κ3) is 7.11. The molecular formula is C22H26Cl2N2O3S. The monoisotopic (exact) mass is 468 g/mol. The summed E-state index contributed by atoms with van der Waals surface area (Å²) in [7, 11) is 0. The van der Waals surface area contributed by atoms with Gasteiger partial charge in [-0.15, -0.1) is 0 Å². The van der Waals surface area contributed by atoms with Crippen molar-refractivity contribution in [2.45, 2.75) is 26.3 Å². The molecule has 2 amide bonds. The van der Waals surface area contributed by atoms with Gasteiger partial charge in [-0.2, -0.15) is 11.8 Å². The van der Waals surface area contributed by atoms with Crippen molar-refractivity contribution in [3.8, 4) is 5.75 Å². The zero-order chi connectivity index (χ0) is 22.1. The molecule has 162 valence electrons. The van der Waals surface area contributed by atoms with E-state index in [1.807, 2.05) is 38.3 Å². The van der Waals surface area contributed by atoms with Crippen molar-refractivity contribution in [1.82, 2.24) is 10.6 Å². The maximum absolute atomic E-state index is 12.7. The average Bonchev–Trinajstić information content (AvgIpc) is 2.69. The number of para-hydroxylation sites is 1. The number of benzene rings is 2. The molecule has 0 spiro atoms. The van der Waals surface area contributed by atoms with Crippen molar-refractivity contribution in [2.75, 3.05) is 25.2 Å². The molecule has 0 saturated heterocycles. The number of halogens is 2. The Bertz CT molecular complexity index is 872. The van der Waals surface area contributed by atoms with Crippen molar-refractivity contribution in [2.24, 2.45) is 0 Å². The Hall–Kier alpha value is -1.89. The van der Waals surface area contributed by atoms with Crippen LogP contribution in [0.2, 0.25) is 10.0 Å². The highest BCUT2D eigenvalue weighted by Gasteiger charge is 2.22. The molecule has 30 heavy (non-hydrogen) atoms. The van der Waals surface area contributed by atoms with E-state index >= 15 is 0 Å². The lowest BCUT2D eigenvalue weighted by Crippen LogP contribution is -2.48. The third-order valence-electron chi connectivity index (χ3n) is 4.46. The fraction of sp³-hybridized carbons (Fsp3) is 0.364. The van der Waals surface area contributed by atoms with Gasteiger partial charge in [-0.1, -0.05) is 41.4 Å². The highest BCUT2D eigenvalue weighted by molar-refractivity contribution is 7.98. The highest BCUT2D eigenvalue weighted by Crippen LogP contribution is 2.22. The van der Waals surface area contributed by atoms with Crippen molar-refractivity contribution in [3.63, 3.8) is 0 Å². The van der Waals surface area contributed by atoms with Gasteiger partial charge in [-0.3, -0.25) is 9.59 Å². The third-order valence-corrected chi connectivity index (χ3v) is 5.66. The predicted octanol–water partition coefficient (Wildman–Crippen LogP) is 4.66. The second kappa shape index (κ2) is 12.1. The number of nitrogens with one attached hydrogen (secondary N) is 2. The summed E-state index contributed by atoms with van der Waals surface area (Å²) in [5.41, 5.74) is 2.37. The van der Waals surface area contributed by atoms with E-state index < -0.39 is 11.9 Å². The Morgan fingerprint density at radius 1 is 1.13 bits per heavy atom. The Morgan fingerprint density at radius 3 is 2.47 bits per heavy atom. The molecular weight excluding hydrogens is 443 g/mol. The van der Waals surface area contributed by atoms with Crippen LogP contribution in [-0.4, -0.2) is 43.0 Å². The number of ether oxygens (including phenoxy) is 1. The lowest BCUT2D eigenvalue weighted by molar-refractivity contribution is -0.123. The minimum absolute atomic E-state index is 0.242. The zero-order valence-electron chi connectivity index (χ0n) is 17.3. The zero-order valence-corrected chi connectivity index (χ0v) is 19.6. The van der Waals surface area contributed by atoms with E-state index in [2.05, 4.69) is 10.6 Å². The van der Waals surface area contributed by atoms with Crippen molar-refractivity contribution >= 4 is 46.8 Å². The van der Waals surface area contributed by atoms with Gasteiger partial charge in [0.25, 0.3) is 5.91 Å². The fourth-order valence-electron chi connectivity index (χ4n) is 2.89. The molecule has 0 aliphatic rings. The molecule has 1 atom stereocenters. The van der Waals surface area contributed by atoms with Crippen LogP contribution in [0.15, 0.2) is 36.4 Å². The van der Waals surface area contributed by atoms with Gasteiger partial charge in [0, 0.05) is 5.02 Å². The summed E-state index contributed by atoms with van der Waals surface area (Å²) in [5.74, 6) is 0.889. The first-order valence-electron chi connectivity index (χ1n) is 9.55. The maximum Gasteiger partial charge on any atom is 0.253 e. The van der Waals surface area contributed by atoms with Crippen LogP contribution in [0.1, 0.15) is 27.9 Å². The second-order valence-electron chi connectivity index (χ2n) is 6.79. The van der Waals surface area contributed by atoms with Crippen molar-refractivity contribution in [1.29, 1.82) is 0 Å². The first-order valence-corrected chi connectivity index (χ1v) is 11.7. The van der Waals surface area contributed by atoms with E-state index in [1.54, 1.807) is 23.9 Å². The molecule has 1 unspecified atom stereocenters. The molecule has 0 fully saturated rings. The van der Waals surface area contributed by atoms with Gasteiger partial charge in [-0.05, 0) is 61.6 Å². The molecule has 0 heterocycles. The Balaban J connectivity index is 1.93. The van der Waals surface area contributed by atoms with Gasteiger partial charge in [0.15, 0.2) is 0 Å². The van der Waals surface area contributed by atoms with Crippen LogP contribution in [0, 0.1) is 13.8 Å². The minimum atomic E-state index is -0.670. The van der Waals surface area contributed by atoms with Crippen LogP contribution in [-0.2, 0) is 4.79 Å². The van der Waals surface area contributed by atoms with Crippen molar-refractivity contribution < 1.29 is 14.3 Å². The Kier molecular flexibility index (Phi) is 9.82. The van der Waals surface area contributed by atoms with Crippen LogP contribution in [0.25, 0.3) is 0 Å². The molecule has 0 saturated carbocycles. The summed E-state index contributed by atoms with van der Waals surface area (Å²) in [6, 6.07) is 9.90. The molecule has 0 aromatic heterocycles. The van der Waals surface area contributed by atoms with E-state index in [-0.39, 0.29) is 16.5 Å². The molecule has 0 aliphatic carbocycles. The first-order chi connectivity index (χ1) is 14.3. The molecule has 0 aliphatic heterocycles. The van der Waals surface area contributed by atoms with Gasteiger partial charge in [-0.25, -0.2) is 0 Å². The summed E-state index contributed by atoms with van der Waals surface area (Å²) in [6.07, 6.45) is 2.45. The van der Waals surface area contributed by atoms with Gasteiger partial charge < -0.3 is 15.4 Å². The van der Waals surface area contributed by atoms with E-state index in [9.17, 15) is 9.59 Å². The van der Waals surface area contributed by atoms with E-state index in [0.717, 1.165) is 22.6 Å². The molecule has 2 aromatic rings. The summed E-state index contributed by atoms with van der Waals surface area (Å²) >= 11 is 13.6. The summed E-state index contributed by atoms with van der Waals surface area (Å²) in [4.78, 5) is 25.3. The number of amides is 2. The number of aryl methyl sites for hydroxylation is 2. The highest BCUT2D eigenvalue weighted by atomic mass is 35.5. The molecule has 8 heteroatoms. The molecule has 0 radical (unpaired) electrons. The van der Waals surface area contributed by atoms with Gasteiger partial charge in [0.1, 0.15) is 18.4 Å². The summed E-state index contributed by atoms with van der Waals surface area (Å²) in [6.45, 7) is 4.64. The fourth-order valence-corrected chi connectivity index (χ4v) is 3.86. The van der Waals surface area contributed by atoms with E-state index in [0.29, 0.717) is 24.6 Å². The normalized spacial score (nSPS) is 11.6. The van der Waals surface area contributed by atoms with Gasteiger partial charge in [0.05, 0.1) is 17.1 Å². The van der Waals surface area contributed by atoms with E-state index in [4.69, 9.17) is 27.9 Å². The number of carbonyl (C=O) groups excluding carboxylic acids is 2. The quantitative estimate of drug-likeness (QED) is 0.497. The van der Waals surface area contributed by atoms with Crippen LogP contribution < -0.4 is 15.4 Å². The smallest absolute Gasteiger partial charge is 0.253 e. The number of rotatable bonds is 10. The molecule has 5 nitrogen and oxygen atoms in total. The number of hydrogen-bond donors (Lipinski definition) is 2. The number of thioether (sulfide) groups is 1. The minimum Gasteiger partial charge on any atom is -0.491 e. The lowest BCUT2D eigenvalue weighted by Gasteiger charge is -2.19. The van der Waals surface area contributed by atoms with Gasteiger partial charge >= 0.3 is 0 Å². The topological polar surface area (TPSA) is 67.4 Å². The van der Waals surface area contributed by atoms with Crippen LogP contribution >= 0.6 is 35.0 Å². The number of carbonyl (C=O) groups is 2. The molecule has 2 aromatic carbocycles. The Labute approximate surface area is 191 Å². The van der Waals surface area contributed by atoms with E-state index in [1.165, 1.54) is 6.07 Å². The Morgan fingerprint density at radius 2 is 1.83 bits per heavy atom. The predicted molar refractivity (Wildman–Crippen MR) is 125 cm³/mol. The SMILES string of the molecule is CSCCC(NC(=O)c1ccc(Cl)cc1Cl)C(=O)NCCOc1c(C)cccc1C. The largest absolute Gasteiger partial charge is 0.491 e.